The van der Waals surface area contributed by atoms with Gasteiger partial charge >= 0.3 is 5.97 Å². The van der Waals surface area contributed by atoms with Crippen molar-refractivity contribution in [1.82, 2.24) is 0 Å². The zero-order valence-electron chi connectivity index (χ0n) is 8.38. The first-order valence-electron chi connectivity index (χ1n) is 4.16. The highest BCUT2D eigenvalue weighted by molar-refractivity contribution is 5.88. The fraction of sp³-hybridized carbons (Fsp3) is 0.667. The van der Waals surface area contributed by atoms with Crippen LogP contribution in [0.5, 0.6) is 0 Å². The molecule has 0 aromatic heterocycles. The number of cyclic esters (lactones) is 1. The van der Waals surface area contributed by atoms with Crippen molar-refractivity contribution in [1.29, 1.82) is 0 Å². The van der Waals surface area contributed by atoms with Gasteiger partial charge in [0.2, 0.25) is 6.29 Å². The second kappa shape index (κ2) is 2.94. The Morgan fingerprint density at radius 1 is 1.31 bits per heavy atom. The molecular weight excluding hydrogens is 170 g/mol. The fourth-order valence-corrected chi connectivity index (χ4v) is 0.906. The number of hydrogen-bond acceptors (Lipinski definition) is 4. The lowest BCUT2D eigenvalue weighted by Gasteiger charge is -2.33. The Kier molecular flexibility index (Phi) is 2.24. The molecule has 0 saturated carbocycles. The summed E-state index contributed by atoms with van der Waals surface area (Å²) in [6.45, 7) is 7.45. The van der Waals surface area contributed by atoms with Gasteiger partial charge in [-0.2, -0.15) is 0 Å². The van der Waals surface area contributed by atoms with E-state index in [2.05, 4.69) is 0 Å². The molecule has 1 rings (SSSR count). The van der Waals surface area contributed by atoms with E-state index in [4.69, 9.17) is 15.2 Å². The molecule has 1 aliphatic heterocycles. The molecule has 0 radical (unpaired) electrons. The van der Waals surface area contributed by atoms with Crippen LogP contribution in [-0.2, 0) is 14.3 Å². The van der Waals surface area contributed by atoms with Gasteiger partial charge in [0.25, 0.3) is 0 Å². The van der Waals surface area contributed by atoms with E-state index in [1.54, 1.807) is 6.92 Å². The summed E-state index contributed by atoms with van der Waals surface area (Å²) in [6.07, 6.45) is -0.549. The zero-order chi connectivity index (χ0) is 10.2. The number of esters is 1. The van der Waals surface area contributed by atoms with Gasteiger partial charge in [0.05, 0.1) is 0 Å². The van der Waals surface area contributed by atoms with Crippen molar-refractivity contribution >= 4 is 5.97 Å². The Bertz CT molecular complexity index is 263. The standard InChI is InChI=1S/C9H15NO3/c1-5-6(10)7(11)13-8(12-5)9(2,3)4/h8H,10H2,1-4H3/t8-/m1/s1. The average molecular weight is 185 g/mol. The van der Waals surface area contributed by atoms with E-state index in [9.17, 15) is 4.79 Å². The summed E-state index contributed by atoms with van der Waals surface area (Å²) in [5.41, 5.74) is 5.22. The van der Waals surface area contributed by atoms with Crippen LogP contribution in [0.2, 0.25) is 0 Å². The summed E-state index contributed by atoms with van der Waals surface area (Å²) in [5.74, 6) is -0.0557. The van der Waals surface area contributed by atoms with Gasteiger partial charge in [0.15, 0.2) is 5.70 Å². The molecule has 4 nitrogen and oxygen atoms in total. The molecule has 1 heterocycles. The van der Waals surface area contributed by atoms with Gasteiger partial charge < -0.3 is 15.2 Å². The van der Waals surface area contributed by atoms with Gasteiger partial charge in [0, 0.05) is 5.41 Å². The lowest BCUT2D eigenvalue weighted by molar-refractivity contribution is -0.196. The fourth-order valence-electron chi connectivity index (χ4n) is 0.906. The normalized spacial score (nSPS) is 24.0. The van der Waals surface area contributed by atoms with Crippen LogP contribution in [0.3, 0.4) is 0 Å². The molecule has 0 aliphatic carbocycles. The van der Waals surface area contributed by atoms with Crippen LogP contribution in [0, 0.1) is 5.41 Å². The van der Waals surface area contributed by atoms with E-state index in [-0.39, 0.29) is 11.1 Å². The molecule has 1 aliphatic rings. The number of nitrogens with two attached hydrogens (primary N) is 1. The molecule has 0 aromatic carbocycles. The predicted octanol–water partition coefficient (Wildman–Crippen LogP) is 1.12. The molecule has 2 N–H and O–H groups in total. The van der Waals surface area contributed by atoms with Gasteiger partial charge in [-0.25, -0.2) is 4.79 Å². The Morgan fingerprint density at radius 3 is 2.23 bits per heavy atom. The molecule has 13 heavy (non-hydrogen) atoms. The topological polar surface area (TPSA) is 61.6 Å². The number of rotatable bonds is 0. The highest BCUT2D eigenvalue weighted by Crippen LogP contribution is 2.29. The third kappa shape index (κ3) is 1.94. The largest absolute Gasteiger partial charge is 0.456 e. The second-order valence-electron chi connectivity index (χ2n) is 4.19. The highest BCUT2D eigenvalue weighted by Gasteiger charge is 2.35. The number of carbonyl (C=O) groups is 1. The molecule has 0 unspecified atom stereocenters. The van der Waals surface area contributed by atoms with Gasteiger partial charge in [-0.1, -0.05) is 20.8 Å². The van der Waals surface area contributed by atoms with Crippen LogP contribution in [0.4, 0.5) is 0 Å². The Labute approximate surface area is 77.7 Å². The molecule has 0 saturated heterocycles. The smallest absolute Gasteiger partial charge is 0.360 e. The summed E-state index contributed by atoms with van der Waals surface area (Å²) in [6, 6.07) is 0. The molecule has 4 heteroatoms. The highest BCUT2D eigenvalue weighted by atomic mass is 16.7. The molecule has 0 spiro atoms. The molecule has 1 atom stereocenters. The van der Waals surface area contributed by atoms with E-state index >= 15 is 0 Å². The third-order valence-corrected chi connectivity index (χ3v) is 1.80. The zero-order valence-corrected chi connectivity index (χ0v) is 8.38. The minimum Gasteiger partial charge on any atom is -0.456 e. The van der Waals surface area contributed by atoms with Crippen LogP contribution in [0.25, 0.3) is 0 Å². The van der Waals surface area contributed by atoms with E-state index < -0.39 is 12.3 Å². The molecule has 0 bridgehead atoms. The van der Waals surface area contributed by atoms with Crippen molar-refractivity contribution < 1.29 is 14.3 Å². The Morgan fingerprint density at radius 2 is 1.85 bits per heavy atom. The van der Waals surface area contributed by atoms with Crippen LogP contribution in [0.1, 0.15) is 27.7 Å². The molecule has 74 valence electrons. The van der Waals surface area contributed by atoms with Gasteiger partial charge in [-0.3, -0.25) is 0 Å². The Hall–Kier alpha value is -1.19. The first-order chi connectivity index (χ1) is 5.82. The summed E-state index contributed by atoms with van der Waals surface area (Å²) in [7, 11) is 0. The molecule has 0 amide bonds. The maximum absolute atomic E-state index is 11.2. The maximum atomic E-state index is 11.2. The van der Waals surface area contributed by atoms with Crippen molar-refractivity contribution in [3.8, 4) is 0 Å². The van der Waals surface area contributed by atoms with Crippen LogP contribution in [0.15, 0.2) is 11.5 Å². The summed E-state index contributed by atoms with van der Waals surface area (Å²) in [4.78, 5) is 11.2. The average Bonchev–Trinajstić information content (AvgIpc) is 1.97. The monoisotopic (exact) mass is 185 g/mol. The lowest BCUT2D eigenvalue weighted by Crippen LogP contribution is -2.39. The number of ether oxygens (including phenoxy) is 2. The van der Waals surface area contributed by atoms with Crippen molar-refractivity contribution in [3.63, 3.8) is 0 Å². The number of carbonyl (C=O) groups excluding carboxylic acids is 1. The maximum Gasteiger partial charge on any atom is 0.360 e. The van der Waals surface area contributed by atoms with Crippen LogP contribution < -0.4 is 5.73 Å². The summed E-state index contributed by atoms with van der Waals surface area (Å²) in [5, 5.41) is 0. The van der Waals surface area contributed by atoms with E-state index in [0.29, 0.717) is 5.76 Å². The minimum absolute atomic E-state index is 0.0560. The summed E-state index contributed by atoms with van der Waals surface area (Å²) >= 11 is 0. The van der Waals surface area contributed by atoms with E-state index in [0.717, 1.165) is 0 Å². The first-order valence-corrected chi connectivity index (χ1v) is 4.16. The lowest BCUT2D eigenvalue weighted by atomic mass is 9.95. The van der Waals surface area contributed by atoms with Gasteiger partial charge in [-0.05, 0) is 6.92 Å². The summed E-state index contributed by atoms with van der Waals surface area (Å²) < 4.78 is 10.3. The molecular formula is C9H15NO3. The van der Waals surface area contributed by atoms with E-state index in [1.807, 2.05) is 20.8 Å². The molecule has 0 fully saturated rings. The van der Waals surface area contributed by atoms with Crippen molar-refractivity contribution in [3.05, 3.63) is 11.5 Å². The van der Waals surface area contributed by atoms with Crippen molar-refractivity contribution in [2.24, 2.45) is 11.1 Å². The van der Waals surface area contributed by atoms with Crippen LogP contribution >= 0.6 is 0 Å². The molecule has 0 aromatic rings. The Balaban J connectivity index is 2.86. The van der Waals surface area contributed by atoms with Gasteiger partial charge in [-0.15, -0.1) is 0 Å². The third-order valence-electron chi connectivity index (χ3n) is 1.80. The first kappa shape index (κ1) is 9.89. The van der Waals surface area contributed by atoms with Crippen molar-refractivity contribution in [2.75, 3.05) is 0 Å². The van der Waals surface area contributed by atoms with Crippen LogP contribution in [-0.4, -0.2) is 12.3 Å². The quantitative estimate of drug-likeness (QED) is 0.574. The predicted molar refractivity (Wildman–Crippen MR) is 47.3 cm³/mol. The minimum atomic E-state index is -0.549. The SMILES string of the molecule is CC1=C(N)C(=O)O[C@H](C(C)(C)C)O1. The van der Waals surface area contributed by atoms with Gasteiger partial charge in [0.1, 0.15) is 5.76 Å². The number of allylic oxidation sites excluding steroid dienone is 1. The van der Waals surface area contributed by atoms with Crippen molar-refractivity contribution in [2.45, 2.75) is 34.0 Å². The second-order valence-corrected chi connectivity index (χ2v) is 4.19. The van der Waals surface area contributed by atoms with E-state index in [1.165, 1.54) is 0 Å². The number of hydrogen-bond donors (Lipinski definition) is 1.